The van der Waals surface area contributed by atoms with Crippen molar-refractivity contribution in [3.63, 3.8) is 0 Å². The minimum Gasteiger partial charge on any atom is -0.481 e. The lowest BCUT2D eigenvalue weighted by atomic mass is 9.57. The minimum absolute atomic E-state index is 0.133. The molecule has 2 bridgehead atoms. The predicted octanol–water partition coefficient (Wildman–Crippen LogP) is 6.01. The van der Waals surface area contributed by atoms with Gasteiger partial charge < -0.3 is 10.1 Å². The van der Waals surface area contributed by atoms with E-state index in [-0.39, 0.29) is 41.4 Å². The van der Waals surface area contributed by atoms with Crippen molar-refractivity contribution in [2.75, 3.05) is 0 Å². The molecule has 6 nitrogen and oxygen atoms in total. The number of aliphatic carboxylic acids is 1. The maximum atomic E-state index is 15.9. The number of nitrogens with zero attached hydrogens (tertiary/aromatic N) is 3. The standard InChI is InChI=1S/C26H24F2N4O2S/c1-12-2-7-20(35-12)23-22(28)19(9-16-13-3-5-14(6-4-13)21(16)26(33)34)31-25(32-23)18-11-30-24-17(18)8-15(27)10-29-24/h2,7-8,10-11,13-14,16,21H,3-6,9H2,1H3,(H,29,30)(H,33,34)/t13?,14?,16-,21-/m0/s1. The first-order valence-electron chi connectivity index (χ1n) is 11.9. The van der Waals surface area contributed by atoms with Crippen LogP contribution in [0.3, 0.4) is 0 Å². The van der Waals surface area contributed by atoms with Crippen LogP contribution in [0.5, 0.6) is 0 Å². The summed E-state index contributed by atoms with van der Waals surface area (Å²) in [5, 5.41) is 10.5. The molecule has 180 valence electrons. The molecule has 3 aliphatic carbocycles. The smallest absolute Gasteiger partial charge is 0.307 e. The monoisotopic (exact) mass is 494 g/mol. The van der Waals surface area contributed by atoms with Crippen molar-refractivity contribution >= 4 is 28.3 Å². The van der Waals surface area contributed by atoms with Crippen LogP contribution in [0, 0.1) is 42.2 Å². The van der Waals surface area contributed by atoms with Gasteiger partial charge >= 0.3 is 5.97 Å². The van der Waals surface area contributed by atoms with E-state index in [0.29, 0.717) is 21.5 Å². The molecule has 0 amide bonds. The normalized spacial score (nSPS) is 23.7. The Morgan fingerprint density at radius 2 is 1.94 bits per heavy atom. The molecule has 4 aromatic rings. The van der Waals surface area contributed by atoms with Crippen molar-refractivity contribution < 1.29 is 18.7 Å². The number of rotatable bonds is 5. The number of thiophene rings is 1. The highest BCUT2D eigenvalue weighted by molar-refractivity contribution is 7.15. The van der Waals surface area contributed by atoms with Crippen LogP contribution in [0.15, 0.2) is 30.6 Å². The fourth-order valence-electron chi connectivity index (χ4n) is 6.11. The van der Waals surface area contributed by atoms with Crippen molar-refractivity contribution in [3.8, 4) is 22.0 Å². The number of aromatic amines is 1. The molecule has 3 aliphatic rings. The first-order valence-corrected chi connectivity index (χ1v) is 12.7. The lowest BCUT2D eigenvalue weighted by Gasteiger charge is -2.46. The highest BCUT2D eigenvalue weighted by Gasteiger charge is 2.47. The Hall–Kier alpha value is -3.20. The van der Waals surface area contributed by atoms with Gasteiger partial charge in [-0.2, -0.15) is 0 Å². The van der Waals surface area contributed by atoms with E-state index in [1.807, 2.05) is 19.1 Å². The zero-order valence-corrected chi connectivity index (χ0v) is 19.9. The van der Waals surface area contributed by atoms with Crippen molar-refractivity contribution in [1.29, 1.82) is 0 Å². The second-order valence-electron chi connectivity index (χ2n) is 9.73. The lowest BCUT2D eigenvalue weighted by Crippen LogP contribution is -2.45. The molecule has 35 heavy (non-hydrogen) atoms. The van der Waals surface area contributed by atoms with Gasteiger partial charge in [0.2, 0.25) is 0 Å². The van der Waals surface area contributed by atoms with E-state index in [0.717, 1.165) is 36.8 Å². The SMILES string of the molecule is Cc1ccc(-c2nc(-c3c[nH]c4ncc(F)cc34)nc(C[C@H]3C4CCC(CC4)[C@@H]3C(=O)O)c2F)s1. The number of fused-ring (bicyclic) bond motifs is 4. The Balaban J connectivity index is 1.50. The van der Waals surface area contributed by atoms with Gasteiger partial charge in [0.05, 0.1) is 22.7 Å². The number of H-pyrrole nitrogens is 1. The fourth-order valence-corrected chi connectivity index (χ4v) is 6.96. The van der Waals surface area contributed by atoms with Gasteiger partial charge in [0.15, 0.2) is 11.6 Å². The summed E-state index contributed by atoms with van der Waals surface area (Å²) in [6.45, 7) is 1.94. The Morgan fingerprint density at radius 1 is 1.17 bits per heavy atom. The summed E-state index contributed by atoms with van der Waals surface area (Å²) in [6, 6.07) is 5.10. The molecule has 0 unspecified atom stereocenters. The number of nitrogens with one attached hydrogen (secondary N) is 1. The number of pyridine rings is 1. The summed E-state index contributed by atoms with van der Waals surface area (Å²) in [5.41, 5.74) is 1.43. The molecule has 2 atom stereocenters. The molecule has 0 spiro atoms. The molecule has 9 heteroatoms. The van der Waals surface area contributed by atoms with Gasteiger partial charge in [0.25, 0.3) is 0 Å². The molecular formula is C26H24F2N4O2S. The molecule has 0 aromatic carbocycles. The van der Waals surface area contributed by atoms with E-state index in [1.54, 1.807) is 6.20 Å². The third-order valence-electron chi connectivity index (χ3n) is 7.74. The predicted molar refractivity (Wildman–Crippen MR) is 129 cm³/mol. The Morgan fingerprint density at radius 3 is 2.66 bits per heavy atom. The van der Waals surface area contributed by atoms with Crippen LogP contribution in [0.2, 0.25) is 0 Å². The zero-order chi connectivity index (χ0) is 24.3. The molecule has 3 saturated carbocycles. The maximum Gasteiger partial charge on any atom is 0.307 e. The Bertz CT molecular complexity index is 1440. The van der Waals surface area contributed by atoms with Crippen LogP contribution in [0.25, 0.3) is 33.0 Å². The quantitative estimate of drug-likeness (QED) is 0.354. The topological polar surface area (TPSA) is 91.8 Å². The third-order valence-corrected chi connectivity index (χ3v) is 8.74. The average Bonchev–Trinajstić information content (AvgIpc) is 3.46. The molecule has 4 aromatic heterocycles. The summed E-state index contributed by atoms with van der Waals surface area (Å²) >= 11 is 1.43. The van der Waals surface area contributed by atoms with Crippen LogP contribution >= 0.6 is 11.3 Å². The summed E-state index contributed by atoms with van der Waals surface area (Å²) in [6.07, 6.45) is 6.81. The van der Waals surface area contributed by atoms with E-state index in [2.05, 4.69) is 19.9 Å². The number of hydrogen-bond acceptors (Lipinski definition) is 5. The van der Waals surface area contributed by atoms with Crippen molar-refractivity contribution in [1.82, 2.24) is 19.9 Å². The van der Waals surface area contributed by atoms with Crippen LogP contribution in [0.4, 0.5) is 8.78 Å². The lowest BCUT2D eigenvalue weighted by molar-refractivity contribution is -0.152. The van der Waals surface area contributed by atoms with Crippen LogP contribution in [0.1, 0.15) is 36.3 Å². The number of hydrogen-bond donors (Lipinski definition) is 2. The number of carbonyl (C=O) groups is 1. The number of halogens is 2. The van der Waals surface area contributed by atoms with E-state index in [4.69, 9.17) is 0 Å². The van der Waals surface area contributed by atoms with Crippen LogP contribution < -0.4 is 0 Å². The largest absolute Gasteiger partial charge is 0.481 e. The first kappa shape index (κ1) is 22.3. The van der Waals surface area contributed by atoms with E-state index in [9.17, 15) is 14.3 Å². The van der Waals surface area contributed by atoms with Gasteiger partial charge in [0.1, 0.15) is 17.2 Å². The summed E-state index contributed by atoms with van der Waals surface area (Å²) in [4.78, 5) is 30.2. The Labute approximate surface area is 204 Å². The highest BCUT2D eigenvalue weighted by Crippen LogP contribution is 2.50. The van der Waals surface area contributed by atoms with Gasteiger partial charge in [-0.05, 0) is 75.0 Å². The van der Waals surface area contributed by atoms with E-state index in [1.165, 1.54) is 17.4 Å². The van der Waals surface area contributed by atoms with Crippen molar-refractivity contribution in [3.05, 3.63) is 52.8 Å². The van der Waals surface area contributed by atoms with Crippen LogP contribution in [-0.4, -0.2) is 31.0 Å². The molecule has 0 radical (unpaired) electrons. The molecular weight excluding hydrogens is 470 g/mol. The number of carboxylic acids is 1. The second kappa shape index (κ2) is 8.48. The van der Waals surface area contributed by atoms with Crippen molar-refractivity contribution in [2.45, 2.75) is 39.0 Å². The van der Waals surface area contributed by atoms with Gasteiger partial charge in [0, 0.05) is 22.0 Å². The average molecular weight is 495 g/mol. The van der Waals surface area contributed by atoms with Gasteiger partial charge in [-0.1, -0.05) is 0 Å². The van der Waals surface area contributed by atoms with Gasteiger partial charge in [-0.3, -0.25) is 4.79 Å². The maximum absolute atomic E-state index is 15.9. The van der Waals surface area contributed by atoms with E-state index >= 15 is 4.39 Å². The van der Waals surface area contributed by atoms with Crippen LogP contribution in [-0.2, 0) is 11.2 Å². The number of aromatic nitrogens is 4. The summed E-state index contributed by atoms with van der Waals surface area (Å²) in [7, 11) is 0. The van der Waals surface area contributed by atoms with E-state index < -0.39 is 23.5 Å². The molecule has 0 aliphatic heterocycles. The summed E-state index contributed by atoms with van der Waals surface area (Å²) in [5.74, 6) is -1.80. The molecule has 4 heterocycles. The molecule has 0 saturated heterocycles. The molecule has 2 N–H and O–H groups in total. The van der Waals surface area contributed by atoms with Crippen molar-refractivity contribution in [2.24, 2.45) is 23.7 Å². The third kappa shape index (κ3) is 3.82. The minimum atomic E-state index is -0.800. The fraction of sp³-hybridized carbons (Fsp3) is 0.385. The van der Waals surface area contributed by atoms with Gasteiger partial charge in [-0.25, -0.2) is 23.7 Å². The number of aryl methyl sites for hydroxylation is 1. The molecule has 3 fully saturated rings. The highest BCUT2D eigenvalue weighted by atomic mass is 32.1. The zero-order valence-electron chi connectivity index (χ0n) is 19.1. The first-order chi connectivity index (χ1) is 16.9. The van der Waals surface area contributed by atoms with Gasteiger partial charge in [-0.15, -0.1) is 11.3 Å². The summed E-state index contributed by atoms with van der Waals surface area (Å²) < 4.78 is 29.9. The number of carboxylic acid groups (broad SMARTS) is 1. The second-order valence-corrected chi connectivity index (χ2v) is 11.0. The Kier molecular flexibility index (Phi) is 5.40. The molecule has 7 rings (SSSR count).